The molecule has 3 aliphatic heterocycles. The van der Waals surface area contributed by atoms with Crippen LogP contribution in [0.2, 0.25) is 10.0 Å². The van der Waals surface area contributed by atoms with Gasteiger partial charge >= 0.3 is 6.03 Å². The zero-order chi connectivity index (χ0) is 27.6. The standard InChI is InChI=1S/C29H32Cl2N6O2/c1-17(2)26-25-24(33-37(26)15-21-9-6-12-35(21)28(39)34(3)4)16-36(20-8-5-7-18(30)13-20)29(25)22-11-10-19(31)14-23(22)32-27(29)38/h5,7-8,10-11,13-14,17,21H,6,9,12,15-16H2,1-4H3,(H,32,38). The van der Waals surface area contributed by atoms with Crippen LogP contribution in [-0.2, 0) is 23.4 Å². The SMILES string of the molecule is CC(C)c1c2c(nn1CC1CCCN1C(=O)N(C)C)CN(c1cccc(Cl)c1)C21C(=O)Nc2cc(Cl)ccc21. The number of fused-ring (bicyclic) bond motifs is 4. The van der Waals surface area contributed by atoms with Gasteiger partial charge in [0.05, 0.1) is 24.8 Å². The zero-order valence-electron chi connectivity index (χ0n) is 22.5. The van der Waals surface area contributed by atoms with Crippen LogP contribution < -0.4 is 10.2 Å². The average Bonchev–Trinajstić information content (AvgIpc) is 3.62. The van der Waals surface area contributed by atoms with Crippen molar-refractivity contribution in [2.75, 3.05) is 30.9 Å². The molecule has 0 bridgehead atoms. The van der Waals surface area contributed by atoms with Gasteiger partial charge in [0.2, 0.25) is 0 Å². The minimum absolute atomic E-state index is 0.0212. The van der Waals surface area contributed by atoms with E-state index in [1.165, 1.54) is 0 Å². The summed E-state index contributed by atoms with van der Waals surface area (Å²) in [6, 6.07) is 13.2. The van der Waals surface area contributed by atoms with Crippen molar-refractivity contribution < 1.29 is 9.59 Å². The van der Waals surface area contributed by atoms with Gasteiger partial charge < -0.3 is 20.0 Å². The van der Waals surface area contributed by atoms with Crippen LogP contribution in [-0.4, -0.2) is 58.2 Å². The minimum Gasteiger partial charge on any atom is -0.343 e. The molecule has 1 aromatic heterocycles. The lowest BCUT2D eigenvalue weighted by Gasteiger charge is -2.37. The van der Waals surface area contributed by atoms with E-state index >= 15 is 0 Å². The molecular weight excluding hydrogens is 535 g/mol. The van der Waals surface area contributed by atoms with E-state index in [9.17, 15) is 9.59 Å². The van der Waals surface area contributed by atoms with Crippen molar-refractivity contribution in [3.05, 3.63) is 75.0 Å². The highest BCUT2D eigenvalue weighted by Gasteiger charge is 2.60. The number of anilines is 2. The fourth-order valence-corrected chi connectivity index (χ4v) is 6.97. The highest BCUT2D eigenvalue weighted by Crippen LogP contribution is 2.55. The maximum Gasteiger partial charge on any atom is 0.319 e. The lowest BCUT2D eigenvalue weighted by atomic mass is 9.81. The fraction of sp³-hybridized carbons (Fsp3) is 0.414. The molecule has 2 unspecified atom stereocenters. The van der Waals surface area contributed by atoms with Crippen LogP contribution in [0.5, 0.6) is 0 Å². The molecule has 39 heavy (non-hydrogen) atoms. The number of carbonyl (C=O) groups is 2. The topological polar surface area (TPSA) is 73.7 Å². The number of halogens is 2. The van der Waals surface area contributed by atoms with Gasteiger partial charge in [-0.2, -0.15) is 5.10 Å². The van der Waals surface area contributed by atoms with Gasteiger partial charge in [-0.25, -0.2) is 4.79 Å². The molecule has 1 spiro atoms. The van der Waals surface area contributed by atoms with Crippen LogP contribution in [0.25, 0.3) is 0 Å². The Morgan fingerprint density at radius 2 is 1.95 bits per heavy atom. The molecule has 1 saturated heterocycles. The second kappa shape index (κ2) is 9.45. The average molecular weight is 568 g/mol. The van der Waals surface area contributed by atoms with Crippen molar-refractivity contribution in [1.29, 1.82) is 0 Å². The van der Waals surface area contributed by atoms with E-state index in [1.807, 2.05) is 41.3 Å². The lowest BCUT2D eigenvalue weighted by Crippen LogP contribution is -2.49. The van der Waals surface area contributed by atoms with Crippen molar-refractivity contribution in [2.45, 2.75) is 57.3 Å². The summed E-state index contributed by atoms with van der Waals surface area (Å²) in [6.07, 6.45) is 1.88. The molecular formula is C29H32Cl2N6O2. The van der Waals surface area contributed by atoms with Crippen LogP contribution >= 0.6 is 23.2 Å². The summed E-state index contributed by atoms with van der Waals surface area (Å²) < 4.78 is 2.06. The third-order valence-corrected chi connectivity index (χ3v) is 8.61. The number of urea groups is 1. The number of amides is 3. The van der Waals surface area contributed by atoms with Gasteiger partial charge in [-0.1, -0.05) is 49.2 Å². The summed E-state index contributed by atoms with van der Waals surface area (Å²) in [6.45, 7) is 6.04. The van der Waals surface area contributed by atoms with E-state index in [1.54, 1.807) is 25.1 Å². The molecule has 2 aromatic carbocycles. The highest BCUT2D eigenvalue weighted by atomic mass is 35.5. The molecule has 0 saturated carbocycles. The van der Waals surface area contributed by atoms with Gasteiger partial charge in [0.15, 0.2) is 5.54 Å². The Morgan fingerprint density at radius 3 is 2.67 bits per heavy atom. The Bertz CT molecular complexity index is 1480. The third kappa shape index (κ3) is 3.91. The van der Waals surface area contributed by atoms with Gasteiger partial charge in [-0.05, 0) is 49.1 Å². The first-order valence-electron chi connectivity index (χ1n) is 13.4. The van der Waals surface area contributed by atoms with Crippen LogP contribution in [0.3, 0.4) is 0 Å². The molecule has 1 fully saturated rings. The van der Waals surface area contributed by atoms with Gasteiger partial charge in [-0.15, -0.1) is 0 Å². The predicted octanol–water partition coefficient (Wildman–Crippen LogP) is 5.68. The smallest absolute Gasteiger partial charge is 0.319 e. The van der Waals surface area contributed by atoms with Crippen molar-refractivity contribution in [1.82, 2.24) is 19.6 Å². The molecule has 0 aliphatic carbocycles. The molecule has 3 aromatic rings. The number of hydrogen-bond donors (Lipinski definition) is 1. The Hall–Kier alpha value is -3.23. The quantitative estimate of drug-likeness (QED) is 0.441. The van der Waals surface area contributed by atoms with Crippen molar-refractivity contribution in [3.8, 4) is 0 Å². The first kappa shape index (κ1) is 26.0. The van der Waals surface area contributed by atoms with E-state index in [0.29, 0.717) is 28.8 Å². The van der Waals surface area contributed by atoms with Gasteiger partial charge in [0, 0.05) is 58.9 Å². The van der Waals surface area contributed by atoms with E-state index in [2.05, 4.69) is 28.7 Å². The van der Waals surface area contributed by atoms with E-state index in [4.69, 9.17) is 28.3 Å². The van der Waals surface area contributed by atoms with Crippen molar-refractivity contribution in [3.63, 3.8) is 0 Å². The second-order valence-electron chi connectivity index (χ2n) is 11.1. The first-order chi connectivity index (χ1) is 18.6. The zero-order valence-corrected chi connectivity index (χ0v) is 24.1. The number of carbonyl (C=O) groups excluding carboxylic acids is 2. The second-order valence-corrected chi connectivity index (χ2v) is 12.0. The number of aromatic nitrogens is 2. The number of nitrogens with one attached hydrogen (secondary N) is 1. The Balaban J connectivity index is 1.53. The number of nitrogens with zero attached hydrogens (tertiary/aromatic N) is 5. The molecule has 1 N–H and O–H groups in total. The number of likely N-dealkylation sites (tertiary alicyclic amines) is 1. The molecule has 10 heteroatoms. The number of hydrogen-bond acceptors (Lipinski definition) is 4. The van der Waals surface area contributed by atoms with Gasteiger partial charge in [0.25, 0.3) is 5.91 Å². The maximum atomic E-state index is 14.2. The van der Waals surface area contributed by atoms with Crippen molar-refractivity contribution in [2.24, 2.45) is 0 Å². The molecule has 8 nitrogen and oxygen atoms in total. The summed E-state index contributed by atoms with van der Waals surface area (Å²) in [5.41, 5.74) is 4.07. The minimum atomic E-state index is -1.12. The highest BCUT2D eigenvalue weighted by molar-refractivity contribution is 6.31. The number of benzene rings is 2. The third-order valence-electron chi connectivity index (χ3n) is 8.14. The van der Waals surface area contributed by atoms with Gasteiger partial charge in [-0.3, -0.25) is 9.48 Å². The molecule has 4 heterocycles. The number of rotatable bonds is 4. The van der Waals surface area contributed by atoms with Gasteiger partial charge in [0.1, 0.15) is 0 Å². The summed E-state index contributed by atoms with van der Waals surface area (Å²) in [7, 11) is 3.58. The molecule has 6 rings (SSSR count). The Morgan fingerprint density at radius 1 is 1.18 bits per heavy atom. The Kier molecular flexibility index (Phi) is 6.31. The first-order valence-corrected chi connectivity index (χ1v) is 14.1. The summed E-state index contributed by atoms with van der Waals surface area (Å²) >= 11 is 12.8. The van der Waals surface area contributed by atoms with Crippen molar-refractivity contribution >= 4 is 46.5 Å². The molecule has 204 valence electrons. The summed E-state index contributed by atoms with van der Waals surface area (Å²) in [5.74, 6) is -0.0498. The molecule has 0 radical (unpaired) electrons. The maximum absolute atomic E-state index is 14.2. The summed E-state index contributed by atoms with van der Waals surface area (Å²) in [4.78, 5) is 32.8. The van der Waals surface area contributed by atoms with E-state index in [-0.39, 0.29) is 23.9 Å². The van der Waals surface area contributed by atoms with Crippen LogP contribution in [0, 0.1) is 0 Å². The lowest BCUT2D eigenvalue weighted by molar-refractivity contribution is -0.119. The molecule has 3 amide bonds. The fourth-order valence-electron chi connectivity index (χ4n) is 6.61. The van der Waals surface area contributed by atoms with Crippen LogP contribution in [0.4, 0.5) is 16.2 Å². The molecule has 3 aliphatic rings. The Labute approximate surface area is 238 Å². The van der Waals surface area contributed by atoms with E-state index in [0.717, 1.165) is 47.6 Å². The normalized spacial score (nSPS) is 21.6. The van der Waals surface area contributed by atoms with Crippen LogP contribution in [0.1, 0.15) is 55.1 Å². The van der Waals surface area contributed by atoms with E-state index < -0.39 is 5.54 Å². The monoisotopic (exact) mass is 566 g/mol. The molecule has 2 atom stereocenters. The summed E-state index contributed by atoms with van der Waals surface area (Å²) in [5, 5.41) is 9.42. The van der Waals surface area contributed by atoms with Crippen LogP contribution in [0.15, 0.2) is 42.5 Å². The predicted molar refractivity (Wildman–Crippen MR) is 154 cm³/mol. The largest absolute Gasteiger partial charge is 0.343 e.